The molecule has 0 aliphatic heterocycles. The van der Waals surface area contributed by atoms with E-state index in [1.165, 1.54) is 0 Å². The Labute approximate surface area is 103 Å². The van der Waals surface area contributed by atoms with Gasteiger partial charge in [-0.25, -0.2) is 0 Å². The van der Waals surface area contributed by atoms with Crippen molar-refractivity contribution in [3.63, 3.8) is 0 Å². The molecular weight excluding hydrogens is 242 g/mol. The van der Waals surface area contributed by atoms with Crippen LogP contribution in [0.5, 0.6) is 0 Å². The molecule has 0 saturated heterocycles. The first-order valence-electron chi connectivity index (χ1n) is 5.41. The highest BCUT2D eigenvalue weighted by Gasteiger charge is 2.13. The Morgan fingerprint density at radius 1 is 1.11 bits per heavy atom. The summed E-state index contributed by atoms with van der Waals surface area (Å²) >= 11 is 0. The fraction of sp³-hybridized carbons (Fsp3) is 0.333. The smallest absolute Gasteiger partial charge is 0.315 e. The topological polar surface area (TPSA) is 58.2 Å². The van der Waals surface area contributed by atoms with Crippen molar-refractivity contribution in [3.05, 3.63) is 35.4 Å². The predicted octanol–water partition coefficient (Wildman–Crippen LogP) is 1.11. The number of benzene rings is 1. The Hall–Kier alpha value is -1.98. The van der Waals surface area contributed by atoms with E-state index in [1.54, 1.807) is 24.3 Å². The molecule has 4 nitrogen and oxygen atoms in total. The van der Waals surface area contributed by atoms with Crippen LogP contribution in [0, 0.1) is 6.92 Å². The van der Waals surface area contributed by atoms with Crippen LogP contribution >= 0.6 is 0 Å². The minimum atomic E-state index is -3.03. The SMILES string of the molecule is Cc1ccc(C(=O)NCCNC(=O)C(F)F)cc1. The molecule has 0 radical (unpaired) electrons. The van der Waals surface area contributed by atoms with Gasteiger partial charge in [-0.05, 0) is 19.1 Å². The van der Waals surface area contributed by atoms with Crippen LogP contribution in [0.4, 0.5) is 8.78 Å². The average Bonchev–Trinajstić information content (AvgIpc) is 2.34. The molecule has 2 N–H and O–H groups in total. The van der Waals surface area contributed by atoms with Gasteiger partial charge in [0.25, 0.3) is 11.8 Å². The molecule has 0 aliphatic rings. The second-order valence-corrected chi connectivity index (χ2v) is 3.71. The van der Waals surface area contributed by atoms with Crippen LogP contribution in [0.2, 0.25) is 0 Å². The second-order valence-electron chi connectivity index (χ2n) is 3.71. The van der Waals surface area contributed by atoms with Gasteiger partial charge in [0.05, 0.1) is 0 Å². The molecule has 0 aromatic heterocycles. The number of aryl methyl sites for hydroxylation is 1. The largest absolute Gasteiger partial charge is 0.350 e. The molecule has 0 spiro atoms. The normalized spacial score (nSPS) is 10.2. The minimum Gasteiger partial charge on any atom is -0.350 e. The summed E-state index contributed by atoms with van der Waals surface area (Å²) < 4.78 is 23.6. The van der Waals surface area contributed by atoms with Gasteiger partial charge in [0.15, 0.2) is 0 Å². The lowest BCUT2D eigenvalue weighted by atomic mass is 10.1. The van der Waals surface area contributed by atoms with Gasteiger partial charge < -0.3 is 10.6 Å². The second kappa shape index (κ2) is 6.68. The van der Waals surface area contributed by atoms with Gasteiger partial charge in [0.1, 0.15) is 0 Å². The van der Waals surface area contributed by atoms with Gasteiger partial charge >= 0.3 is 6.43 Å². The van der Waals surface area contributed by atoms with Crippen molar-refractivity contribution < 1.29 is 18.4 Å². The summed E-state index contributed by atoms with van der Waals surface area (Å²) in [6, 6.07) is 6.94. The predicted molar refractivity (Wildman–Crippen MR) is 62.5 cm³/mol. The van der Waals surface area contributed by atoms with E-state index in [1.807, 2.05) is 12.2 Å². The Bertz CT molecular complexity index is 419. The van der Waals surface area contributed by atoms with Crippen LogP contribution in [-0.4, -0.2) is 31.3 Å². The average molecular weight is 256 g/mol. The van der Waals surface area contributed by atoms with Crippen LogP contribution in [0.1, 0.15) is 15.9 Å². The first-order valence-corrected chi connectivity index (χ1v) is 5.41. The Kier molecular flexibility index (Phi) is 5.23. The summed E-state index contributed by atoms with van der Waals surface area (Å²) in [5.41, 5.74) is 1.52. The summed E-state index contributed by atoms with van der Waals surface area (Å²) in [5.74, 6) is -1.64. The van der Waals surface area contributed by atoms with Crippen LogP contribution in [0.25, 0.3) is 0 Å². The Morgan fingerprint density at radius 3 is 2.22 bits per heavy atom. The Morgan fingerprint density at radius 2 is 1.67 bits per heavy atom. The van der Waals surface area contributed by atoms with Crippen molar-refractivity contribution in [1.82, 2.24) is 10.6 Å². The van der Waals surface area contributed by atoms with Gasteiger partial charge in [-0.3, -0.25) is 9.59 Å². The Balaban J connectivity index is 2.29. The van der Waals surface area contributed by atoms with Gasteiger partial charge in [-0.2, -0.15) is 8.78 Å². The van der Waals surface area contributed by atoms with Crippen molar-refractivity contribution in [1.29, 1.82) is 0 Å². The summed E-state index contributed by atoms with van der Waals surface area (Å²) in [5, 5.41) is 4.51. The standard InChI is InChI=1S/C12H14F2N2O2/c1-8-2-4-9(5-3-8)11(17)15-6-7-16-12(18)10(13)14/h2-5,10H,6-7H2,1H3,(H,15,17)(H,16,18). The molecule has 98 valence electrons. The zero-order valence-corrected chi connectivity index (χ0v) is 9.87. The van der Waals surface area contributed by atoms with Gasteiger partial charge in [0.2, 0.25) is 0 Å². The highest BCUT2D eigenvalue weighted by atomic mass is 19.3. The molecular formula is C12H14F2N2O2. The molecule has 1 aromatic rings. The van der Waals surface area contributed by atoms with E-state index in [9.17, 15) is 18.4 Å². The summed E-state index contributed by atoms with van der Waals surface area (Å²) in [6.07, 6.45) is -3.03. The van der Waals surface area contributed by atoms with Gasteiger partial charge in [-0.15, -0.1) is 0 Å². The quantitative estimate of drug-likeness (QED) is 0.775. The maximum atomic E-state index is 11.8. The van der Waals surface area contributed by atoms with E-state index in [0.29, 0.717) is 5.56 Å². The van der Waals surface area contributed by atoms with Crippen molar-refractivity contribution in [2.75, 3.05) is 13.1 Å². The van der Waals surface area contributed by atoms with E-state index < -0.39 is 12.3 Å². The third-order valence-corrected chi connectivity index (χ3v) is 2.22. The molecule has 2 amide bonds. The van der Waals surface area contributed by atoms with Gasteiger partial charge in [-0.1, -0.05) is 17.7 Å². The lowest BCUT2D eigenvalue weighted by molar-refractivity contribution is -0.131. The van der Waals surface area contributed by atoms with E-state index in [4.69, 9.17) is 0 Å². The molecule has 0 aliphatic carbocycles. The van der Waals surface area contributed by atoms with E-state index in [0.717, 1.165) is 5.56 Å². The monoisotopic (exact) mass is 256 g/mol. The molecule has 0 bridgehead atoms. The number of amides is 2. The van der Waals surface area contributed by atoms with Crippen molar-refractivity contribution in [2.45, 2.75) is 13.3 Å². The van der Waals surface area contributed by atoms with E-state index in [2.05, 4.69) is 5.32 Å². The van der Waals surface area contributed by atoms with E-state index >= 15 is 0 Å². The number of nitrogens with one attached hydrogen (secondary N) is 2. The third-order valence-electron chi connectivity index (χ3n) is 2.22. The highest BCUT2D eigenvalue weighted by molar-refractivity contribution is 5.94. The maximum absolute atomic E-state index is 11.8. The number of hydrogen-bond donors (Lipinski definition) is 2. The number of alkyl halides is 2. The van der Waals surface area contributed by atoms with Crippen molar-refractivity contribution >= 4 is 11.8 Å². The van der Waals surface area contributed by atoms with Crippen molar-refractivity contribution in [3.8, 4) is 0 Å². The van der Waals surface area contributed by atoms with Crippen LogP contribution in [-0.2, 0) is 4.79 Å². The molecule has 0 fully saturated rings. The summed E-state index contributed by atoms with van der Waals surface area (Å²) in [6.45, 7) is 1.98. The first-order chi connectivity index (χ1) is 8.50. The molecule has 1 rings (SSSR count). The van der Waals surface area contributed by atoms with Crippen LogP contribution < -0.4 is 10.6 Å². The summed E-state index contributed by atoms with van der Waals surface area (Å²) in [7, 11) is 0. The first kappa shape index (κ1) is 14.1. The number of halogens is 2. The number of carbonyl (C=O) groups is 2. The fourth-order valence-corrected chi connectivity index (χ4v) is 1.25. The minimum absolute atomic E-state index is 0.0270. The van der Waals surface area contributed by atoms with Gasteiger partial charge in [0, 0.05) is 18.7 Å². The molecule has 0 unspecified atom stereocenters. The number of rotatable bonds is 5. The fourth-order valence-electron chi connectivity index (χ4n) is 1.25. The third kappa shape index (κ3) is 4.48. The van der Waals surface area contributed by atoms with E-state index in [-0.39, 0.29) is 19.0 Å². The number of carbonyl (C=O) groups excluding carboxylic acids is 2. The zero-order chi connectivity index (χ0) is 13.5. The lowest BCUT2D eigenvalue weighted by Crippen LogP contribution is -2.37. The van der Waals surface area contributed by atoms with Crippen LogP contribution in [0.3, 0.4) is 0 Å². The van der Waals surface area contributed by atoms with Crippen molar-refractivity contribution in [2.24, 2.45) is 0 Å². The molecule has 6 heteroatoms. The van der Waals surface area contributed by atoms with Crippen LogP contribution in [0.15, 0.2) is 24.3 Å². The molecule has 0 atom stereocenters. The molecule has 0 heterocycles. The molecule has 18 heavy (non-hydrogen) atoms. The lowest BCUT2D eigenvalue weighted by Gasteiger charge is -2.06. The zero-order valence-electron chi connectivity index (χ0n) is 9.87. The number of hydrogen-bond acceptors (Lipinski definition) is 2. The highest BCUT2D eigenvalue weighted by Crippen LogP contribution is 2.02. The molecule has 1 aromatic carbocycles. The maximum Gasteiger partial charge on any atom is 0.315 e. The summed E-state index contributed by atoms with van der Waals surface area (Å²) in [4.78, 5) is 22.1. The molecule has 0 saturated carbocycles.